The van der Waals surface area contributed by atoms with E-state index in [-0.39, 0.29) is 11.8 Å². The zero-order chi connectivity index (χ0) is 19.2. The highest BCUT2D eigenvalue weighted by Crippen LogP contribution is 2.28. The molecule has 1 heterocycles. The lowest BCUT2D eigenvalue weighted by atomic mass is 9.88. The predicted octanol–water partition coefficient (Wildman–Crippen LogP) is 3.82. The summed E-state index contributed by atoms with van der Waals surface area (Å²) in [5, 5.41) is 14.2. The van der Waals surface area contributed by atoms with Gasteiger partial charge in [-0.25, -0.2) is 4.68 Å². The van der Waals surface area contributed by atoms with E-state index >= 15 is 0 Å². The molecule has 0 atom stereocenters. The summed E-state index contributed by atoms with van der Waals surface area (Å²) in [6.07, 6.45) is 1.87. The van der Waals surface area contributed by atoms with Crippen LogP contribution in [0.2, 0.25) is 0 Å². The minimum atomic E-state index is -0.0495. The molecule has 6 heteroatoms. The van der Waals surface area contributed by atoms with Gasteiger partial charge in [-0.1, -0.05) is 66.7 Å². The summed E-state index contributed by atoms with van der Waals surface area (Å²) in [7, 11) is 0. The van der Waals surface area contributed by atoms with Gasteiger partial charge in [0.2, 0.25) is 5.91 Å². The van der Waals surface area contributed by atoms with Gasteiger partial charge in [0.25, 0.3) is 0 Å². The Morgan fingerprint density at radius 2 is 1.57 bits per heavy atom. The summed E-state index contributed by atoms with van der Waals surface area (Å²) in [5.41, 5.74) is 3.72. The van der Waals surface area contributed by atoms with Crippen molar-refractivity contribution in [3.05, 3.63) is 102 Å². The normalized spacial score (nSPS) is 10.8. The average Bonchev–Trinajstić information content (AvgIpc) is 3.29. The van der Waals surface area contributed by atoms with Crippen LogP contribution in [0.1, 0.15) is 23.5 Å². The number of hydrogen-bond donors (Lipinski definition) is 1. The zero-order valence-corrected chi connectivity index (χ0v) is 15.1. The molecule has 4 rings (SSSR count). The molecule has 138 valence electrons. The minimum Gasteiger partial charge on any atom is -0.326 e. The fourth-order valence-corrected chi connectivity index (χ4v) is 3.20. The SMILES string of the molecule is O=C(CC(c1ccccc1)c1ccccc1)Nc1cccc(-n2cnnn2)c1. The highest BCUT2D eigenvalue weighted by Gasteiger charge is 2.18. The van der Waals surface area contributed by atoms with Crippen LogP contribution in [0.3, 0.4) is 0 Å². The molecule has 28 heavy (non-hydrogen) atoms. The topological polar surface area (TPSA) is 72.7 Å². The number of nitrogens with zero attached hydrogens (tertiary/aromatic N) is 4. The molecule has 6 nitrogen and oxygen atoms in total. The summed E-state index contributed by atoms with van der Waals surface area (Å²) in [4.78, 5) is 12.8. The lowest BCUT2D eigenvalue weighted by molar-refractivity contribution is -0.116. The number of amides is 1. The molecule has 0 aliphatic heterocycles. The van der Waals surface area contributed by atoms with Crippen LogP contribution in [0.4, 0.5) is 5.69 Å². The molecule has 0 saturated carbocycles. The van der Waals surface area contributed by atoms with Crippen molar-refractivity contribution in [3.8, 4) is 5.69 Å². The van der Waals surface area contributed by atoms with E-state index in [0.29, 0.717) is 12.1 Å². The number of tetrazole rings is 1. The number of aromatic nitrogens is 4. The Kier molecular flexibility index (Phi) is 5.20. The molecule has 0 bridgehead atoms. The number of benzene rings is 3. The number of anilines is 1. The maximum atomic E-state index is 12.8. The zero-order valence-electron chi connectivity index (χ0n) is 15.1. The van der Waals surface area contributed by atoms with E-state index in [1.54, 1.807) is 4.68 Å². The van der Waals surface area contributed by atoms with E-state index in [2.05, 4.69) is 45.1 Å². The molecule has 1 N–H and O–H groups in total. The second-order valence-electron chi connectivity index (χ2n) is 6.43. The van der Waals surface area contributed by atoms with Gasteiger partial charge in [-0.05, 0) is 39.8 Å². The summed E-state index contributed by atoms with van der Waals surface area (Å²) in [6, 6.07) is 27.6. The maximum absolute atomic E-state index is 12.8. The minimum absolute atomic E-state index is 0.00917. The van der Waals surface area contributed by atoms with Gasteiger partial charge in [0.1, 0.15) is 6.33 Å². The van der Waals surface area contributed by atoms with Crippen LogP contribution < -0.4 is 5.32 Å². The van der Waals surface area contributed by atoms with Gasteiger partial charge in [0.15, 0.2) is 0 Å². The third-order valence-electron chi connectivity index (χ3n) is 4.54. The molecule has 1 amide bonds. The number of rotatable bonds is 6. The molecule has 0 saturated heterocycles. The summed E-state index contributed by atoms with van der Waals surface area (Å²) < 4.78 is 1.55. The van der Waals surface area contributed by atoms with Crippen molar-refractivity contribution in [2.75, 3.05) is 5.32 Å². The van der Waals surface area contributed by atoms with Crippen LogP contribution in [0.25, 0.3) is 5.69 Å². The van der Waals surface area contributed by atoms with Gasteiger partial charge in [-0.2, -0.15) is 0 Å². The van der Waals surface area contributed by atoms with Crippen molar-refractivity contribution in [3.63, 3.8) is 0 Å². The van der Waals surface area contributed by atoms with Crippen LogP contribution in [0.5, 0.6) is 0 Å². The first-order chi connectivity index (χ1) is 13.8. The van der Waals surface area contributed by atoms with Gasteiger partial charge in [-0.3, -0.25) is 4.79 Å². The Labute approximate surface area is 162 Å². The first-order valence-corrected chi connectivity index (χ1v) is 9.03. The molecule has 3 aromatic carbocycles. The van der Waals surface area contributed by atoms with E-state index in [0.717, 1.165) is 16.8 Å². The van der Waals surface area contributed by atoms with E-state index < -0.39 is 0 Å². The van der Waals surface area contributed by atoms with Crippen molar-refractivity contribution in [1.29, 1.82) is 0 Å². The lowest BCUT2D eigenvalue weighted by Gasteiger charge is -2.18. The van der Waals surface area contributed by atoms with Crippen molar-refractivity contribution in [2.45, 2.75) is 12.3 Å². The monoisotopic (exact) mass is 369 g/mol. The number of carbonyl (C=O) groups excluding carboxylic acids is 1. The lowest BCUT2D eigenvalue weighted by Crippen LogP contribution is -2.16. The Morgan fingerprint density at radius 3 is 2.18 bits per heavy atom. The van der Waals surface area contributed by atoms with Crippen LogP contribution in [-0.2, 0) is 4.79 Å². The third kappa shape index (κ3) is 4.12. The summed E-state index contributed by atoms with van der Waals surface area (Å²) in [6.45, 7) is 0. The maximum Gasteiger partial charge on any atom is 0.225 e. The quantitative estimate of drug-likeness (QED) is 0.561. The first kappa shape index (κ1) is 17.6. The van der Waals surface area contributed by atoms with Gasteiger partial charge in [0, 0.05) is 18.0 Å². The van der Waals surface area contributed by atoms with E-state index in [1.165, 1.54) is 6.33 Å². The Bertz CT molecular complexity index is 993. The highest BCUT2D eigenvalue weighted by atomic mass is 16.1. The number of hydrogen-bond acceptors (Lipinski definition) is 4. The van der Waals surface area contributed by atoms with Gasteiger partial charge >= 0.3 is 0 Å². The largest absolute Gasteiger partial charge is 0.326 e. The van der Waals surface area contributed by atoms with Crippen molar-refractivity contribution in [1.82, 2.24) is 20.2 Å². The van der Waals surface area contributed by atoms with E-state index in [1.807, 2.05) is 60.7 Å². The molecule has 4 aromatic rings. The average molecular weight is 369 g/mol. The van der Waals surface area contributed by atoms with Crippen molar-refractivity contribution in [2.24, 2.45) is 0 Å². The van der Waals surface area contributed by atoms with Gasteiger partial charge in [0.05, 0.1) is 5.69 Å². The number of nitrogens with one attached hydrogen (secondary N) is 1. The van der Waals surface area contributed by atoms with E-state index in [4.69, 9.17) is 0 Å². The van der Waals surface area contributed by atoms with Gasteiger partial charge in [-0.15, -0.1) is 5.10 Å². The first-order valence-electron chi connectivity index (χ1n) is 9.03. The molecule has 0 radical (unpaired) electrons. The van der Waals surface area contributed by atoms with Crippen LogP contribution >= 0.6 is 0 Å². The van der Waals surface area contributed by atoms with Crippen LogP contribution in [-0.4, -0.2) is 26.1 Å². The molecule has 0 aliphatic rings. The Balaban J connectivity index is 1.53. The van der Waals surface area contributed by atoms with Crippen molar-refractivity contribution >= 4 is 11.6 Å². The molecule has 1 aromatic heterocycles. The number of carbonyl (C=O) groups is 1. The molecular formula is C22H19N5O. The summed E-state index contributed by atoms with van der Waals surface area (Å²) >= 11 is 0. The molecule has 0 fully saturated rings. The molecule has 0 unspecified atom stereocenters. The molecule has 0 aliphatic carbocycles. The molecular weight excluding hydrogens is 350 g/mol. The standard InChI is InChI=1S/C22H19N5O/c28-22(24-19-12-7-13-20(14-19)27-16-23-25-26-27)15-21(17-8-3-1-4-9-17)18-10-5-2-6-11-18/h1-14,16,21H,15H2,(H,24,28). The smallest absolute Gasteiger partial charge is 0.225 e. The van der Waals surface area contributed by atoms with E-state index in [9.17, 15) is 4.79 Å². The van der Waals surface area contributed by atoms with Crippen LogP contribution in [0.15, 0.2) is 91.3 Å². The second-order valence-corrected chi connectivity index (χ2v) is 6.43. The fourth-order valence-electron chi connectivity index (χ4n) is 3.20. The van der Waals surface area contributed by atoms with Gasteiger partial charge < -0.3 is 5.32 Å². The Morgan fingerprint density at radius 1 is 0.893 bits per heavy atom. The van der Waals surface area contributed by atoms with Crippen molar-refractivity contribution < 1.29 is 4.79 Å². The van der Waals surface area contributed by atoms with Crippen LogP contribution in [0, 0.1) is 0 Å². The molecule has 0 spiro atoms. The highest BCUT2D eigenvalue weighted by molar-refractivity contribution is 5.91. The summed E-state index contributed by atoms with van der Waals surface area (Å²) in [5.74, 6) is -0.0586. The fraction of sp³-hybridized carbons (Fsp3) is 0.0909. The second kappa shape index (κ2) is 8.26. The predicted molar refractivity (Wildman–Crippen MR) is 107 cm³/mol. The Hall–Kier alpha value is -3.80. The third-order valence-corrected chi connectivity index (χ3v) is 4.54.